The Morgan fingerprint density at radius 3 is 1.77 bits per heavy atom. The van der Waals surface area contributed by atoms with Gasteiger partial charge in [-0.05, 0) is 56.3 Å². The van der Waals surface area contributed by atoms with Gasteiger partial charge in [0.2, 0.25) is 12.2 Å². The van der Waals surface area contributed by atoms with E-state index in [-0.39, 0.29) is 26.7 Å². The largest absolute Gasteiger partial charge is 0.478 e. The highest BCUT2D eigenvalue weighted by atomic mass is 35.5. The third-order valence-electron chi connectivity index (χ3n) is 5.23. The molecule has 2 amide bonds. The quantitative estimate of drug-likeness (QED) is 0.272. The van der Waals surface area contributed by atoms with Gasteiger partial charge >= 0.3 is 17.9 Å². The molecule has 2 atom stereocenters. The maximum Gasteiger partial charge on any atom is 0.349 e. The number of rotatable bonds is 8. The summed E-state index contributed by atoms with van der Waals surface area (Å²) in [5.74, 6) is -6.09. The zero-order chi connectivity index (χ0) is 28.7. The van der Waals surface area contributed by atoms with Gasteiger partial charge in [-0.25, -0.2) is 14.4 Å². The molecule has 3 aromatic carbocycles. The number of nitrogens with one attached hydrogen (secondary N) is 2. The molecule has 0 bridgehead atoms. The minimum atomic E-state index is -2.28. The number of hydrogen-bond acceptors (Lipinski definition) is 7. The maximum absolute atomic E-state index is 13.1. The van der Waals surface area contributed by atoms with Crippen LogP contribution in [0.3, 0.4) is 0 Å². The molecule has 12 heteroatoms. The predicted octanol–water partition coefficient (Wildman–Crippen LogP) is 3.91. The highest BCUT2D eigenvalue weighted by Crippen LogP contribution is 2.21. The molecular weight excluding hydrogens is 551 g/mol. The van der Waals surface area contributed by atoms with Crippen molar-refractivity contribution < 1.29 is 38.6 Å². The fraction of sp³-hybridized carbons (Fsp3) is 0.148. The Balaban J connectivity index is 1.87. The van der Waals surface area contributed by atoms with Crippen LogP contribution in [0.1, 0.15) is 42.2 Å². The molecule has 39 heavy (non-hydrogen) atoms. The number of aliphatic carboxylic acids is 1. The summed E-state index contributed by atoms with van der Waals surface area (Å²) in [6, 6.07) is 16.2. The molecule has 0 radical (unpaired) electrons. The van der Waals surface area contributed by atoms with E-state index < -0.39 is 41.9 Å². The Kier molecular flexibility index (Phi) is 9.64. The van der Waals surface area contributed by atoms with E-state index in [0.717, 1.165) is 0 Å². The topological polar surface area (TPSA) is 148 Å². The molecule has 10 nitrogen and oxygen atoms in total. The summed E-state index contributed by atoms with van der Waals surface area (Å²) in [6.07, 6.45) is -4.48. The second-order valence-electron chi connectivity index (χ2n) is 8.30. The van der Waals surface area contributed by atoms with Gasteiger partial charge in [0.25, 0.3) is 11.8 Å². The van der Waals surface area contributed by atoms with E-state index in [9.17, 15) is 29.1 Å². The lowest BCUT2D eigenvalue weighted by Gasteiger charge is -2.23. The first kappa shape index (κ1) is 29.2. The average molecular weight is 573 g/mol. The third-order valence-corrected chi connectivity index (χ3v) is 5.78. The number of esters is 2. The van der Waals surface area contributed by atoms with Gasteiger partial charge in [0.1, 0.15) is 0 Å². The third kappa shape index (κ3) is 7.79. The zero-order valence-electron chi connectivity index (χ0n) is 20.6. The second-order valence-corrected chi connectivity index (χ2v) is 9.14. The molecule has 0 aliphatic heterocycles. The van der Waals surface area contributed by atoms with Crippen LogP contribution in [0.15, 0.2) is 66.7 Å². The van der Waals surface area contributed by atoms with Crippen molar-refractivity contribution in [1.29, 1.82) is 0 Å². The van der Waals surface area contributed by atoms with E-state index in [1.54, 1.807) is 38.1 Å². The number of carboxylic acids is 1. The molecule has 0 saturated carbocycles. The molecule has 3 rings (SSSR count). The lowest BCUT2D eigenvalue weighted by Crippen LogP contribution is -2.54. The van der Waals surface area contributed by atoms with Crippen molar-refractivity contribution in [2.24, 2.45) is 0 Å². The molecule has 0 aliphatic carbocycles. The van der Waals surface area contributed by atoms with Gasteiger partial charge in [0, 0.05) is 5.02 Å². The number of amides is 2. The summed E-state index contributed by atoms with van der Waals surface area (Å²) in [7, 11) is 0. The van der Waals surface area contributed by atoms with E-state index in [4.69, 9.17) is 32.7 Å². The van der Waals surface area contributed by atoms with Crippen LogP contribution < -0.4 is 10.9 Å². The number of hydrogen-bond donors (Lipinski definition) is 3. The first-order valence-corrected chi connectivity index (χ1v) is 12.0. The van der Waals surface area contributed by atoms with Gasteiger partial charge in [0.05, 0.1) is 21.7 Å². The fourth-order valence-electron chi connectivity index (χ4n) is 3.34. The summed E-state index contributed by atoms with van der Waals surface area (Å²) >= 11 is 11.8. The molecular formula is C27H22Cl2N2O8. The Bertz CT molecular complexity index is 1440. The summed E-state index contributed by atoms with van der Waals surface area (Å²) in [5, 5.41) is 10.1. The lowest BCUT2D eigenvalue weighted by molar-refractivity contribution is -0.159. The second kappa shape index (κ2) is 12.9. The number of benzene rings is 3. The summed E-state index contributed by atoms with van der Waals surface area (Å²) in [5.41, 5.74) is 5.39. The highest BCUT2D eigenvalue weighted by Gasteiger charge is 2.41. The van der Waals surface area contributed by atoms with Crippen LogP contribution in [0.2, 0.25) is 10.0 Å². The SMILES string of the molecule is Cc1cccc(C(=O)O[C@H](C(=O)O)[C@H](OC(=O)c2cccc(C)c2)C(=O)NNC(=O)c2ccc(Cl)cc2Cl)c1. The van der Waals surface area contributed by atoms with Gasteiger partial charge < -0.3 is 14.6 Å². The van der Waals surface area contributed by atoms with Crippen molar-refractivity contribution in [2.75, 3.05) is 0 Å². The Labute approximate surface area is 232 Å². The normalized spacial score (nSPS) is 12.0. The molecule has 0 saturated heterocycles. The number of hydrazine groups is 1. The molecule has 0 spiro atoms. The predicted molar refractivity (Wildman–Crippen MR) is 140 cm³/mol. The number of aryl methyl sites for hydroxylation is 2. The van der Waals surface area contributed by atoms with Crippen LogP contribution in [-0.4, -0.2) is 47.0 Å². The minimum Gasteiger partial charge on any atom is -0.478 e. The molecule has 0 unspecified atom stereocenters. The lowest BCUT2D eigenvalue weighted by atomic mass is 10.1. The van der Waals surface area contributed by atoms with E-state index >= 15 is 0 Å². The summed E-state index contributed by atoms with van der Waals surface area (Å²) < 4.78 is 10.3. The summed E-state index contributed by atoms with van der Waals surface area (Å²) in [4.78, 5) is 63.2. The van der Waals surface area contributed by atoms with E-state index in [0.29, 0.717) is 11.1 Å². The van der Waals surface area contributed by atoms with Crippen molar-refractivity contribution >= 4 is 52.9 Å². The number of carboxylic acid groups (broad SMARTS) is 1. The van der Waals surface area contributed by atoms with Crippen LogP contribution >= 0.6 is 23.2 Å². The van der Waals surface area contributed by atoms with Gasteiger partial charge in [-0.2, -0.15) is 0 Å². The van der Waals surface area contributed by atoms with E-state index in [2.05, 4.69) is 5.43 Å². The minimum absolute atomic E-state index is 0.0103. The van der Waals surface area contributed by atoms with E-state index in [1.807, 2.05) is 5.43 Å². The van der Waals surface area contributed by atoms with Crippen molar-refractivity contribution in [3.63, 3.8) is 0 Å². The van der Waals surface area contributed by atoms with Crippen LogP contribution in [0.4, 0.5) is 0 Å². The van der Waals surface area contributed by atoms with Gasteiger partial charge in [-0.1, -0.05) is 58.6 Å². The average Bonchev–Trinajstić information content (AvgIpc) is 2.88. The van der Waals surface area contributed by atoms with Crippen LogP contribution in [0.25, 0.3) is 0 Å². The monoisotopic (exact) mass is 572 g/mol. The molecule has 3 N–H and O–H groups in total. The summed E-state index contributed by atoms with van der Waals surface area (Å²) in [6.45, 7) is 3.42. The molecule has 0 aromatic heterocycles. The van der Waals surface area contributed by atoms with Gasteiger partial charge in [0.15, 0.2) is 0 Å². The first-order chi connectivity index (χ1) is 18.5. The Morgan fingerprint density at radius 2 is 1.28 bits per heavy atom. The fourth-order valence-corrected chi connectivity index (χ4v) is 3.83. The molecule has 0 heterocycles. The molecule has 0 aliphatic rings. The Morgan fingerprint density at radius 1 is 0.744 bits per heavy atom. The zero-order valence-corrected chi connectivity index (χ0v) is 22.1. The van der Waals surface area contributed by atoms with Crippen molar-refractivity contribution in [1.82, 2.24) is 10.9 Å². The number of halogens is 2. The maximum atomic E-state index is 13.1. The Hall–Kier alpha value is -4.41. The molecule has 202 valence electrons. The molecule has 0 fully saturated rings. The van der Waals surface area contributed by atoms with Gasteiger partial charge in [-0.15, -0.1) is 0 Å². The van der Waals surface area contributed by atoms with Crippen molar-refractivity contribution in [3.8, 4) is 0 Å². The number of carbonyl (C=O) groups is 5. The van der Waals surface area contributed by atoms with Crippen LogP contribution in [0, 0.1) is 13.8 Å². The molecule has 3 aromatic rings. The smallest absolute Gasteiger partial charge is 0.349 e. The van der Waals surface area contributed by atoms with Crippen LogP contribution in [0.5, 0.6) is 0 Å². The van der Waals surface area contributed by atoms with Crippen LogP contribution in [-0.2, 0) is 19.1 Å². The number of ether oxygens (including phenoxy) is 2. The van der Waals surface area contributed by atoms with Crippen molar-refractivity contribution in [3.05, 3.63) is 105 Å². The van der Waals surface area contributed by atoms with Crippen molar-refractivity contribution in [2.45, 2.75) is 26.1 Å². The van der Waals surface area contributed by atoms with E-state index in [1.165, 1.54) is 42.5 Å². The van der Waals surface area contributed by atoms with Gasteiger partial charge in [-0.3, -0.25) is 20.4 Å². The standard InChI is InChI=1S/C27H22Cl2N2O8/c1-14-5-3-7-16(11-14)26(36)38-21(22(25(34)35)39-27(37)17-8-4-6-15(2)12-17)24(33)31-30-23(32)19-10-9-18(28)13-20(19)29/h3-13,21-22H,1-2H3,(H,30,32)(H,31,33)(H,34,35)/t21-,22-/m0/s1. The first-order valence-electron chi connectivity index (χ1n) is 11.3. The highest BCUT2D eigenvalue weighted by molar-refractivity contribution is 6.36. The number of carbonyl (C=O) groups excluding carboxylic acids is 4.